The van der Waals surface area contributed by atoms with Gasteiger partial charge in [-0.1, -0.05) is 13.8 Å². The van der Waals surface area contributed by atoms with E-state index < -0.39 is 29.7 Å². The summed E-state index contributed by atoms with van der Waals surface area (Å²) in [6.45, 7) is 4.30. The van der Waals surface area contributed by atoms with Crippen LogP contribution in [-0.4, -0.2) is 39.1 Å². The van der Waals surface area contributed by atoms with Gasteiger partial charge in [-0.05, 0) is 6.92 Å². The number of aliphatic carboxylic acids is 2. The normalized spacial score (nSPS) is 11.2. The summed E-state index contributed by atoms with van der Waals surface area (Å²) in [6, 6.07) is 0. The Morgan fingerprint density at radius 1 is 1.00 bits per heavy atom. The predicted octanol–water partition coefficient (Wildman–Crippen LogP) is -0.252. The third-order valence-electron chi connectivity index (χ3n) is 1.09. The molecular formula is C8H14O6. The Hall–Kier alpha value is -1.43. The standard InChI is InChI=1S/C5H8O3.C3H6O3/c1-3(2)4(6)5(7)8;1-2(4)3(5)6/h3H,1-2H3,(H,7,8);2,4H,1H3,(H,5,6). The summed E-state index contributed by atoms with van der Waals surface area (Å²) in [6.07, 6.45) is -1.23. The quantitative estimate of drug-likeness (QED) is 0.549. The largest absolute Gasteiger partial charge is 0.479 e. The first-order valence-corrected chi connectivity index (χ1v) is 3.88. The molecule has 0 aliphatic rings. The predicted molar refractivity (Wildman–Crippen MR) is 46.8 cm³/mol. The molecule has 0 heterocycles. The minimum absolute atomic E-state index is 0.396. The number of carboxylic acids is 2. The third-order valence-corrected chi connectivity index (χ3v) is 1.09. The zero-order valence-corrected chi connectivity index (χ0v) is 8.22. The second-order valence-corrected chi connectivity index (χ2v) is 2.84. The monoisotopic (exact) mass is 206 g/mol. The number of ketones is 1. The highest BCUT2D eigenvalue weighted by atomic mass is 16.4. The molecule has 0 amide bonds. The molecule has 0 aliphatic carbocycles. The van der Waals surface area contributed by atoms with Crippen LogP contribution in [0.1, 0.15) is 20.8 Å². The fourth-order valence-corrected chi connectivity index (χ4v) is 0.247. The van der Waals surface area contributed by atoms with E-state index in [9.17, 15) is 14.4 Å². The molecule has 3 N–H and O–H groups in total. The molecule has 0 spiro atoms. The lowest BCUT2D eigenvalue weighted by atomic mass is 10.1. The summed E-state index contributed by atoms with van der Waals surface area (Å²) in [5.74, 6) is -3.66. The van der Waals surface area contributed by atoms with Crippen LogP contribution >= 0.6 is 0 Å². The van der Waals surface area contributed by atoms with E-state index in [0.717, 1.165) is 0 Å². The molecule has 1 atom stereocenters. The van der Waals surface area contributed by atoms with Crippen LogP contribution in [0.5, 0.6) is 0 Å². The molecule has 6 nitrogen and oxygen atoms in total. The van der Waals surface area contributed by atoms with Crippen LogP contribution in [0.25, 0.3) is 0 Å². The maximum atomic E-state index is 10.2. The summed E-state index contributed by atoms with van der Waals surface area (Å²) < 4.78 is 0. The van der Waals surface area contributed by atoms with Crippen LogP contribution in [0.4, 0.5) is 0 Å². The van der Waals surface area contributed by atoms with Crippen molar-refractivity contribution >= 4 is 17.7 Å². The lowest BCUT2D eigenvalue weighted by Crippen LogP contribution is -2.18. The summed E-state index contributed by atoms with van der Waals surface area (Å²) in [5, 5.41) is 23.8. The van der Waals surface area contributed by atoms with E-state index in [4.69, 9.17) is 15.3 Å². The fraction of sp³-hybridized carbons (Fsp3) is 0.625. The van der Waals surface area contributed by atoms with Crippen molar-refractivity contribution in [2.45, 2.75) is 26.9 Å². The number of carbonyl (C=O) groups is 3. The number of aliphatic hydroxyl groups is 1. The van der Waals surface area contributed by atoms with Crippen molar-refractivity contribution in [2.24, 2.45) is 5.92 Å². The Bertz CT molecular complexity index is 218. The van der Waals surface area contributed by atoms with Crippen molar-refractivity contribution in [3.8, 4) is 0 Å². The first-order chi connectivity index (χ1) is 6.20. The molecule has 82 valence electrons. The van der Waals surface area contributed by atoms with Crippen LogP contribution in [-0.2, 0) is 14.4 Å². The van der Waals surface area contributed by atoms with E-state index in [2.05, 4.69) is 0 Å². The Morgan fingerprint density at radius 3 is 1.29 bits per heavy atom. The first kappa shape index (κ1) is 15.1. The summed E-state index contributed by atoms with van der Waals surface area (Å²) in [5.41, 5.74) is 0. The van der Waals surface area contributed by atoms with Crippen LogP contribution < -0.4 is 0 Å². The third kappa shape index (κ3) is 8.66. The lowest BCUT2D eigenvalue weighted by Gasteiger charge is -1.93. The molecule has 0 bridgehead atoms. The highest BCUT2D eigenvalue weighted by Gasteiger charge is 2.14. The van der Waals surface area contributed by atoms with E-state index in [1.165, 1.54) is 6.92 Å². The van der Waals surface area contributed by atoms with Crippen LogP contribution in [0.2, 0.25) is 0 Å². The Morgan fingerprint density at radius 2 is 1.29 bits per heavy atom. The second kappa shape index (κ2) is 7.02. The molecule has 0 aromatic rings. The molecule has 0 radical (unpaired) electrons. The zero-order valence-electron chi connectivity index (χ0n) is 8.22. The van der Waals surface area contributed by atoms with E-state index in [-0.39, 0.29) is 0 Å². The number of aliphatic hydroxyl groups excluding tert-OH is 1. The van der Waals surface area contributed by atoms with E-state index in [1.54, 1.807) is 13.8 Å². The number of rotatable bonds is 3. The van der Waals surface area contributed by atoms with Crippen LogP contribution in [0.3, 0.4) is 0 Å². The van der Waals surface area contributed by atoms with Gasteiger partial charge in [0.25, 0.3) is 0 Å². The molecular weight excluding hydrogens is 192 g/mol. The van der Waals surface area contributed by atoms with Gasteiger partial charge in [0.05, 0.1) is 0 Å². The first-order valence-electron chi connectivity index (χ1n) is 3.88. The molecule has 1 unspecified atom stereocenters. The van der Waals surface area contributed by atoms with Gasteiger partial charge in [0.1, 0.15) is 6.10 Å². The molecule has 0 fully saturated rings. The number of hydrogen-bond donors (Lipinski definition) is 3. The van der Waals surface area contributed by atoms with Crippen molar-refractivity contribution in [2.75, 3.05) is 0 Å². The van der Waals surface area contributed by atoms with Gasteiger partial charge in [0.15, 0.2) is 0 Å². The number of hydrogen-bond acceptors (Lipinski definition) is 4. The minimum Gasteiger partial charge on any atom is -0.479 e. The van der Waals surface area contributed by atoms with E-state index in [0.29, 0.717) is 0 Å². The molecule has 0 aliphatic heterocycles. The van der Waals surface area contributed by atoms with Crippen molar-refractivity contribution < 1.29 is 29.7 Å². The summed E-state index contributed by atoms with van der Waals surface area (Å²) in [4.78, 5) is 29.5. The van der Waals surface area contributed by atoms with Gasteiger partial charge in [-0.15, -0.1) is 0 Å². The molecule has 6 heteroatoms. The maximum absolute atomic E-state index is 10.2. The van der Waals surface area contributed by atoms with Gasteiger partial charge in [-0.25, -0.2) is 9.59 Å². The van der Waals surface area contributed by atoms with E-state index in [1.807, 2.05) is 0 Å². The van der Waals surface area contributed by atoms with Crippen molar-refractivity contribution in [1.29, 1.82) is 0 Å². The Kier molecular flexibility index (Phi) is 7.55. The van der Waals surface area contributed by atoms with Gasteiger partial charge in [-0.3, -0.25) is 4.79 Å². The molecule has 0 aromatic heterocycles. The molecule has 0 saturated carbocycles. The lowest BCUT2D eigenvalue weighted by molar-refractivity contribution is -0.150. The highest BCUT2D eigenvalue weighted by molar-refractivity contribution is 6.33. The Balaban J connectivity index is 0. The number of carboxylic acid groups (broad SMARTS) is 2. The zero-order chi connectivity index (χ0) is 11.9. The summed E-state index contributed by atoms with van der Waals surface area (Å²) >= 11 is 0. The maximum Gasteiger partial charge on any atom is 0.372 e. The van der Waals surface area contributed by atoms with E-state index >= 15 is 0 Å². The molecule has 0 aromatic carbocycles. The van der Waals surface area contributed by atoms with Crippen molar-refractivity contribution in [1.82, 2.24) is 0 Å². The average Bonchev–Trinajstić information content (AvgIpc) is 2.03. The number of Topliss-reactive ketones (excluding diaryl/α,β-unsaturated/α-hetero) is 1. The highest BCUT2D eigenvalue weighted by Crippen LogP contribution is 1.92. The smallest absolute Gasteiger partial charge is 0.372 e. The molecule has 0 saturated heterocycles. The molecule has 0 rings (SSSR count). The summed E-state index contributed by atoms with van der Waals surface area (Å²) in [7, 11) is 0. The van der Waals surface area contributed by atoms with Crippen molar-refractivity contribution in [3.05, 3.63) is 0 Å². The molecule has 14 heavy (non-hydrogen) atoms. The van der Waals surface area contributed by atoms with Gasteiger partial charge in [0.2, 0.25) is 5.78 Å². The van der Waals surface area contributed by atoms with Crippen LogP contribution in [0, 0.1) is 5.92 Å². The van der Waals surface area contributed by atoms with Crippen molar-refractivity contribution in [3.63, 3.8) is 0 Å². The Labute approximate surface area is 81.2 Å². The second-order valence-electron chi connectivity index (χ2n) is 2.84. The fourth-order valence-electron chi connectivity index (χ4n) is 0.247. The SMILES string of the molecule is CC(C)C(=O)C(=O)O.CC(O)C(=O)O. The van der Waals surface area contributed by atoms with Gasteiger partial charge >= 0.3 is 11.9 Å². The minimum atomic E-state index is -1.35. The van der Waals surface area contributed by atoms with Gasteiger partial charge < -0.3 is 15.3 Å². The van der Waals surface area contributed by atoms with Gasteiger partial charge in [0, 0.05) is 5.92 Å². The van der Waals surface area contributed by atoms with Gasteiger partial charge in [-0.2, -0.15) is 0 Å². The van der Waals surface area contributed by atoms with Crippen LogP contribution in [0.15, 0.2) is 0 Å². The number of carbonyl (C=O) groups excluding carboxylic acids is 1. The topological polar surface area (TPSA) is 112 Å². The average molecular weight is 206 g/mol.